The van der Waals surface area contributed by atoms with Crippen LogP contribution in [0.15, 0.2) is 35.0 Å². The van der Waals surface area contributed by atoms with Crippen LogP contribution in [0.25, 0.3) is 0 Å². The summed E-state index contributed by atoms with van der Waals surface area (Å²) in [5, 5.41) is 3.20. The molecule has 0 fully saturated rings. The Bertz CT molecular complexity index is 421. The smallest absolute Gasteiger partial charge is 0.0579 e. The van der Waals surface area contributed by atoms with Crippen LogP contribution in [0.4, 0.5) is 11.4 Å². The second-order valence-electron chi connectivity index (χ2n) is 3.83. The van der Waals surface area contributed by atoms with Crippen LogP contribution in [0.2, 0.25) is 0 Å². The van der Waals surface area contributed by atoms with Gasteiger partial charge in [-0.1, -0.05) is 6.07 Å². The Labute approximate surface area is 102 Å². The molecule has 0 atom stereocenters. The number of benzene rings is 1. The van der Waals surface area contributed by atoms with E-state index < -0.39 is 0 Å². The second-order valence-corrected chi connectivity index (χ2v) is 3.83. The fraction of sp³-hybridized carbons (Fsp3) is 0.308. The molecule has 0 unspecified atom stereocenters. The van der Waals surface area contributed by atoms with Crippen molar-refractivity contribution in [3.05, 3.63) is 35.5 Å². The van der Waals surface area contributed by atoms with E-state index >= 15 is 0 Å². The molecule has 0 saturated heterocycles. The standard InChI is InChI=1S/C13H20N4/c1-3-16-7-6-11(14)9-17-13-8-10(2)4-5-12(13)15/h4-8,17H,3,9,14-15H2,1-2H3. The highest BCUT2D eigenvalue weighted by molar-refractivity contribution is 5.72. The van der Waals surface area contributed by atoms with Crippen LogP contribution < -0.4 is 16.8 Å². The SMILES string of the molecule is CCN=CC=C(N)CNc1cc(C)ccc1N. The van der Waals surface area contributed by atoms with Crippen molar-refractivity contribution in [2.75, 3.05) is 24.1 Å². The molecule has 0 aliphatic rings. The molecule has 5 N–H and O–H groups in total. The number of nitrogens with two attached hydrogens (primary N) is 2. The molecule has 0 heterocycles. The monoisotopic (exact) mass is 232 g/mol. The third kappa shape index (κ3) is 4.59. The number of hydrogen-bond donors (Lipinski definition) is 3. The Morgan fingerprint density at radius 1 is 1.47 bits per heavy atom. The molecule has 4 heteroatoms. The minimum absolute atomic E-state index is 0.559. The summed E-state index contributed by atoms with van der Waals surface area (Å²) in [7, 11) is 0. The van der Waals surface area contributed by atoms with Gasteiger partial charge in [-0.3, -0.25) is 4.99 Å². The first-order chi connectivity index (χ1) is 8.13. The Kier molecular flexibility index (Phi) is 5.07. The fourth-order valence-corrected chi connectivity index (χ4v) is 1.33. The van der Waals surface area contributed by atoms with Crippen molar-refractivity contribution >= 4 is 17.6 Å². The van der Waals surface area contributed by atoms with E-state index in [4.69, 9.17) is 11.5 Å². The van der Waals surface area contributed by atoms with E-state index in [0.29, 0.717) is 6.54 Å². The lowest BCUT2D eigenvalue weighted by Crippen LogP contribution is -2.12. The topological polar surface area (TPSA) is 76.4 Å². The number of nitrogens with one attached hydrogen (secondary N) is 1. The maximum atomic E-state index is 5.85. The number of nitrogen functional groups attached to an aromatic ring is 1. The maximum Gasteiger partial charge on any atom is 0.0579 e. The third-order valence-electron chi connectivity index (χ3n) is 2.27. The van der Waals surface area contributed by atoms with Crippen molar-refractivity contribution in [2.24, 2.45) is 10.7 Å². The minimum atomic E-state index is 0.559. The zero-order valence-corrected chi connectivity index (χ0v) is 10.4. The predicted octanol–water partition coefficient (Wildman–Crippen LogP) is 1.92. The summed E-state index contributed by atoms with van der Waals surface area (Å²) in [4.78, 5) is 4.06. The fourth-order valence-electron chi connectivity index (χ4n) is 1.33. The van der Waals surface area contributed by atoms with E-state index in [1.165, 1.54) is 0 Å². The number of allylic oxidation sites excluding steroid dienone is 1. The van der Waals surface area contributed by atoms with Gasteiger partial charge in [-0.2, -0.15) is 0 Å². The quantitative estimate of drug-likeness (QED) is 0.536. The molecule has 0 bridgehead atoms. The number of anilines is 2. The predicted molar refractivity (Wildman–Crippen MR) is 75.4 cm³/mol. The highest BCUT2D eigenvalue weighted by Crippen LogP contribution is 2.19. The molecule has 0 spiro atoms. The summed E-state index contributed by atoms with van der Waals surface area (Å²) >= 11 is 0. The normalized spacial score (nSPS) is 12.0. The molecular weight excluding hydrogens is 212 g/mol. The number of hydrogen-bond acceptors (Lipinski definition) is 4. The van der Waals surface area contributed by atoms with Gasteiger partial charge in [0, 0.05) is 18.5 Å². The van der Waals surface area contributed by atoms with Crippen molar-refractivity contribution in [2.45, 2.75) is 13.8 Å². The number of nitrogens with zero attached hydrogens (tertiary/aromatic N) is 1. The number of aliphatic imine (C=N–C) groups is 1. The molecule has 17 heavy (non-hydrogen) atoms. The number of aryl methyl sites for hydroxylation is 1. The molecule has 1 aromatic rings. The highest BCUT2D eigenvalue weighted by Gasteiger charge is 1.98. The van der Waals surface area contributed by atoms with Gasteiger partial charge in [-0.05, 0) is 37.6 Å². The Balaban J connectivity index is 2.58. The van der Waals surface area contributed by atoms with Crippen molar-refractivity contribution in [3.63, 3.8) is 0 Å². The van der Waals surface area contributed by atoms with Gasteiger partial charge >= 0.3 is 0 Å². The number of rotatable bonds is 5. The summed E-state index contributed by atoms with van der Waals surface area (Å²) in [6, 6.07) is 5.87. The molecular formula is C13H20N4. The lowest BCUT2D eigenvalue weighted by atomic mass is 10.2. The second kappa shape index (κ2) is 6.58. The van der Waals surface area contributed by atoms with Crippen LogP contribution in [0.5, 0.6) is 0 Å². The van der Waals surface area contributed by atoms with Crippen LogP contribution >= 0.6 is 0 Å². The zero-order valence-electron chi connectivity index (χ0n) is 10.4. The van der Waals surface area contributed by atoms with E-state index in [2.05, 4.69) is 10.3 Å². The summed E-state index contributed by atoms with van der Waals surface area (Å²) in [5.74, 6) is 0. The van der Waals surface area contributed by atoms with Gasteiger partial charge in [0.05, 0.1) is 17.9 Å². The summed E-state index contributed by atoms with van der Waals surface area (Å²) in [6.07, 6.45) is 3.51. The van der Waals surface area contributed by atoms with Crippen LogP contribution in [0.3, 0.4) is 0 Å². The van der Waals surface area contributed by atoms with E-state index in [1.807, 2.05) is 32.0 Å². The Morgan fingerprint density at radius 2 is 2.24 bits per heavy atom. The van der Waals surface area contributed by atoms with Gasteiger partial charge in [0.25, 0.3) is 0 Å². The van der Waals surface area contributed by atoms with Crippen LogP contribution in [0.1, 0.15) is 12.5 Å². The van der Waals surface area contributed by atoms with Gasteiger partial charge in [-0.25, -0.2) is 0 Å². The zero-order chi connectivity index (χ0) is 12.7. The molecule has 0 aromatic heterocycles. The first-order valence-electron chi connectivity index (χ1n) is 5.68. The molecule has 92 valence electrons. The van der Waals surface area contributed by atoms with Gasteiger partial charge in [-0.15, -0.1) is 0 Å². The third-order valence-corrected chi connectivity index (χ3v) is 2.27. The molecule has 0 amide bonds. The van der Waals surface area contributed by atoms with Crippen molar-refractivity contribution < 1.29 is 0 Å². The van der Waals surface area contributed by atoms with Gasteiger partial charge in [0.1, 0.15) is 0 Å². The van der Waals surface area contributed by atoms with E-state index in [9.17, 15) is 0 Å². The van der Waals surface area contributed by atoms with Crippen LogP contribution in [-0.4, -0.2) is 19.3 Å². The van der Waals surface area contributed by atoms with E-state index in [-0.39, 0.29) is 0 Å². The molecule has 0 aliphatic heterocycles. The summed E-state index contributed by atoms with van der Waals surface area (Å²) in [6.45, 7) is 5.33. The lowest BCUT2D eigenvalue weighted by molar-refractivity contribution is 1.13. The molecule has 0 aliphatic carbocycles. The van der Waals surface area contributed by atoms with Gasteiger partial charge in [0.2, 0.25) is 0 Å². The Hall–Kier alpha value is -1.97. The van der Waals surface area contributed by atoms with Gasteiger partial charge in [0.15, 0.2) is 0 Å². The van der Waals surface area contributed by atoms with Crippen LogP contribution in [0, 0.1) is 6.92 Å². The molecule has 0 radical (unpaired) electrons. The van der Waals surface area contributed by atoms with Gasteiger partial charge < -0.3 is 16.8 Å². The largest absolute Gasteiger partial charge is 0.401 e. The first-order valence-corrected chi connectivity index (χ1v) is 5.68. The van der Waals surface area contributed by atoms with Crippen molar-refractivity contribution in [1.82, 2.24) is 0 Å². The summed E-state index contributed by atoms with van der Waals surface area (Å²) < 4.78 is 0. The Morgan fingerprint density at radius 3 is 2.94 bits per heavy atom. The van der Waals surface area contributed by atoms with E-state index in [1.54, 1.807) is 12.3 Å². The highest BCUT2D eigenvalue weighted by atomic mass is 14.9. The maximum absolute atomic E-state index is 5.85. The van der Waals surface area contributed by atoms with Crippen molar-refractivity contribution in [1.29, 1.82) is 0 Å². The average molecular weight is 232 g/mol. The minimum Gasteiger partial charge on any atom is -0.401 e. The molecule has 1 aromatic carbocycles. The van der Waals surface area contributed by atoms with Crippen molar-refractivity contribution in [3.8, 4) is 0 Å². The van der Waals surface area contributed by atoms with E-state index in [0.717, 1.165) is 29.2 Å². The summed E-state index contributed by atoms with van der Waals surface area (Å²) in [5.41, 5.74) is 15.2. The molecule has 0 saturated carbocycles. The molecule has 1 rings (SSSR count). The average Bonchev–Trinajstić information content (AvgIpc) is 2.31. The van der Waals surface area contributed by atoms with Crippen LogP contribution in [-0.2, 0) is 0 Å². The first kappa shape index (κ1) is 13.1. The lowest BCUT2D eigenvalue weighted by Gasteiger charge is -2.10. The molecule has 4 nitrogen and oxygen atoms in total.